The number of rotatable bonds is 2. The minimum atomic E-state index is -0.0824. The van der Waals surface area contributed by atoms with Crippen molar-refractivity contribution < 1.29 is 10.2 Å². The first kappa shape index (κ1) is 11.2. The van der Waals surface area contributed by atoms with Crippen LogP contribution in [0, 0.1) is 0 Å². The summed E-state index contributed by atoms with van der Waals surface area (Å²) in [4.78, 5) is 0. The summed E-state index contributed by atoms with van der Waals surface area (Å²) in [6.07, 6.45) is 0. The molecule has 0 spiro atoms. The zero-order valence-corrected chi connectivity index (χ0v) is 7.34. The van der Waals surface area contributed by atoms with E-state index in [0.29, 0.717) is 11.1 Å². The number of benzene rings is 1. The highest BCUT2D eigenvalue weighted by molar-refractivity contribution is 5.85. The SMILES string of the molecule is Cl.NCc1c(O)cccc1CO. The Bertz CT molecular complexity index is 253. The molecule has 0 saturated carbocycles. The molecule has 0 radical (unpaired) electrons. The number of aliphatic hydroxyl groups excluding tert-OH is 1. The molecule has 1 rings (SSSR count). The summed E-state index contributed by atoms with van der Waals surface area (Å²) in [5, 5.41) is 18.0. The lowest BCUT2D eigenvalue weighted by atomic mass is 10.1. The lowest BCUT2D eigenvalue weighted by molar-refractivity contribution is 0.279. The molecule has 12 heavy (non-hydrogen) atoms. The van der Waals surface area contributed by atoms with Crippen LogP contribution in [0.2, 0.25) is 0 Å². The Labute approximate surface area is 77.2 Å². The Morgan fingerprint density at radius 2 is 2.00 bits per heavy atom. The van der Waals surface area contributed by atoms with Crippen molar-refractivity contribution in [2.45, 2.75) is 13.2 Å². The Kier molecular flexibility index (Phi) is 4.66. The number of hydrogen-bond acceptors (Lipinski definition) is 3. The van der Waals surface area contributed by atoms with Crippen LogP contribution in [0.4, 0.5) is 0 Å². The third-order valence-electron chi connectivity index (χ3n) is 1.62. The molecule has 0 aliphatic carbocycles. The van der Waals surface area contributed by atoms with E-state index >= 15 is 0 Å². The molecule has 4 heteroatoms. The average molecular weight is 190 g/mol. The molecular weight excluding hydrogens is 178 g/mol. The monoisotopic (exact) mass is 189 g/mol. The molecule has 0 unspecified atom stereocenters. The molecule has 0 atom stereocenters. The molecule has 0 aliphatic rings. The van der Waals surface area contributed by atoms with Gasteiger partial charge in [-0.2, -0.15) is 0 Å². The second-order valence-corrected chi connectivity index (χ2v) is 2.28. The second kappa shape index (κ2) is 4.98. The number of aliphatic hydroxyl groups is 1. The van der Waals surface area contributed by atoms with Crippen molar-refractivity contribution in [1.82, 2.24) is 0 Å². The molecule has 0 fully saturated rings. The van der Waals surface area contributed by atoms with Crippen LogP contribution >= 0.6 is 12.4 Å². The molecule has 0 bridgehead atoms. The molecule has 0 aromatic heterocycles. The fraction of sp³-hybridized carbons (Fsp3) is 0.250. The highest BCUT2D eigenvalue weighted by Gasteiger charge is 2.03. The smallest absolute Gasteiger partial charge is 0.120 e. The Morgan fingerprint density at radius 1 is 1.33 bits per heavy atom. The first-order valence-corrected chi connectivity index (χ1v) is 3.40. The lowest BCUT2D eigenvalue weighted by Crippen LogP contribution is -2.01. The molecule has 1 aromatic carbocycles. The fourth-order valence-electron chi connectivity index (χ4n) is 1.00. The summed E-state index contributed by atoms with van der Waals surface area (Å²) in [5.74, 6) is 0.152. The predicted octanol–water partition coefficient (Wildman–Crippen LogP) is 0.765. The van der Waals surface area contributed by atoms with Gasteiger partial charge in [0, 0.05) is 12.1 Å². The van der Waals surface area contributed by atoms with Crippen LogP contribution in [0.1, 0.15) is 11.1 Å². The highest BCUT2D eigenvalue weighted by atomic mass is 35.5. The van der Waals surface area contributed by atoms with Crippen LogP contribution in [0.3, 0.4) is 0 Å². The quantitative estimate of drug-likeness (QED) is 0.644. The van der Waals surface area contributed by atoms with Crippen molar-refractivity contribution in [3.05, 3.63) is 29.3 Å². The van der Waals surface area contributed by atoms with E-state index < -0.39 is 0 Å². The van der Waals surface area contributed by atoms with Crippen LogP contribution in [-0.2, 0) is 13.2 Å². The zero-order valence-electron chi connectivity index (χ0n) is 6.53. The van der Waals surface area contributed by atoms with E-state index in [1.165, 1.54) is 0 Å². The summed E-state index contributed by atoms with van der Waals surface area (Å²) in [7, 11) is 0. The number of aromatic hydroxyl groups is 1. The fourth-order valence-corrected chi connectivity index (χ4v) is 1.00. The highest BCUT2D eigenvalue weighted by Crippen LogP contribution is 2.19. The molecular formula is C8H12ClNO2. The maximum absolute atomic E-state index is 9.23. The van der Waals surface area contributed by atoms with Crippen LogP contribution in [0.25, 0.3) is 0 Å². The molecule has 3 nitrogen and oxygen atoms in total. The molecule has 1 aromatic rings. The van der Waals surface area contributed by atoms with Gasteiger partial charge in [-0.25, -0.2) is 0 Å². The molecule has 0 amide bonds. The van der Waals surface area contributed by atoms with Crippen LogP contribution < -0.4 is 5.73 Å². The topological polar surface area (TPSA) is 66.5 Å². The summed E-state index contributed by atoms with van der Waals surface area (Å²) in [5.41, 5.74) is 6.66. The Morgan fingerprint density at radius 3 is 2.42 bits per heavy atom. The van der Waals surface area contributed by atoms with E-state index in [4.69, 9.17) is 10.8 Å². The molecule has 0 aliphatic heterocycles. The van der Waals surface area contributed by atoms with Gasteiger partial charge in [-0.05, 0) is 11.6 Å². The van der Waals surface area contributed by atoms with Gasteiger partial charge in [-0.3, -0.25) is 0 Å². The summed E-state index contributed by atoms with van der Waals surface area (Å²) < 4.78 is 0. The van der Waals surface area contributed by atoms with Crippen molar-refractivity contribution in [3.63, 3.8) is 0 Å². The van der Waals surface area contributed by atoms with Gasteiger partial charge in [0.2, 0.25) is 0 Å². The molecule has 68 valence electrons. The van der Waals surface area contributed by atoms with Gasteiger partial charge in [0.1, 0.15) is 5.75 Å². The third kappa shape index (κ3) is 2.11. The predicted molar refractivity (Wildman–Crippen MR) is 49.2 cm³/mol. The summed E-state index contributed by atoms with van der Waals surface area (Å²) in [6, 6.07) is 4.98. The van der Waals surface area contributed by atoms with E-state index in [-0.39, 0.29) is 31.3 Å². The maximum Gasteiger partial charge on any atom is 0.120 e. The van der Waals surface area contributed by atoms with Gasteiger partial charge in [0.25, 0.3) is 0 Å². The van der Waals surface area contributed by atoms with E-state index in [0.717, 1.165) is 0 Å². The Hall–Kier alpha value is -0.770. The van der Waals surface area contributed by atoms with Gasteiger partial charge >= 0.3 is 0 Å². The number of halogens is 1. The number of phenolic OH excluding ortho intramolecular Hbond substituents is 1. The van der Waals surface area contributed by atoms with Crippen molar-refractivity contribution in [3.8, 4) is 5.75 Å². The molecule has 0 heterocycles. The van der Waals surface area contributed by atoms with Crippen molar-refractivity contribution in [2.75, 3.05) is 0 Å². The third-order valence-corrected chi connectivity index (χ3v) is 1.62. The normalized spacial score (nSPS) is 9.17. The van der Waals surface area contributed by atoms with Gasteiger partial charge in [-0.1, -0.05) is 12.1 Å². The van der Waals surface area contributed by atoms with E-state index in [1.807, 2.05) is 0 Å². The first-order valence-electron chi connectivity index (χ1n) is 3.40. The van der Waals surface area contributed by atoms with Gasteiger partial charge in [-0.15, -0.1) is 12.4 Å². The number of nitrogens with two attached hydrogens (primary N) is 1. The average Bonchev–Trinajstić information content (AvgIpc) is 2.04. The van der Waals surface area contributed by atoms with Gasteiger partial charge in [0.15, 0.2) is 0 Å². The summed E-state index contributed by atoms with van der Waals surface area (Å²) >= 11 is 0. The molecule has 4 N–H and O–H groups in total. The minimum Gasteiger partial charge on any atom is -0.508 e. The number of phenols is 1. The maximum atomic E-state index is 9.23. The van der Waals surface area contributed by atoms with Crippen molar-refractivity contribution in [1.29, 1.82) is 0 Å². The van der Waals surface area contributed by atoms with Crippen LogP contribution in [-0.4, -0.2) is 10.2 Å². The standard InChI is InChI=1S/C8H11NO2.ClH/c9-4-7-6(5-10)2-1-3-8(7)11;/h1-3,10-11H,4-5,9H2;1H. The largest absolute Gasteiger partial charge is 0.508 e. The van der Waals surface area contributed by atoms with Gasteiger partial charge in [0.05, 0.1) is 6.61 Å². The van der Waals surface area contributed by atoms with E-state index in [2.05, 4.69) is 0 Å². The van der Waals surface area contributed by atoms with E-state index in [9.17, 15) is 5.11 Å². The van der Waals surface area contributed by atoms with Crippen molar-refractivity contribution >= 4 is 12.4 Å². The van der Waals surface area contributed by atoms with E-state index in [1.54, 1.807) is 18.2 Å². The summed E-state index contributed by atoms with van der Waals surface area (Å²) in [6.45, 7) is 0.170. The minimum absolute atomic E-state index is 0. The van der Waals surface area contributed by atoms with Crippen LogP contribution in [0.5, 0.6) is 5.75 Å². The van der Waals surface area contributed by atoms with Crippen molar-refractivity contribution in [2.24, 2.45) is 5.73 Å². The van der Waals surface area contributed by atoms with Gasteiger partial charge < -0.3 is 15.9 Å². The lowest BCUT2D eigenvalue weighted by Gasteiger charge is -2.05. The van der Waals surface area contributed by atoms with Crippen LogP contribution in [0.15, 0.2) is 18.2 Å². The zero-order chi connectivity index (χ0) is 8.27. The number of hydrogen-bond donors (Lipinski definition) is 3. The second-order valence-electron chi connectivity index (χ2n) is 2.28. The first-order chi connectivity index (χ1) is 5.29. The Balaban J connectivity index is 0.00000121. The molecule has 0 saturated heterocycles.